The monoisotopic (exact) mass is 189 g/mol. The lowest BCUT2D eigenvalue weighted by Crippen LogP contribution is -2.09. The van der Waals surface area contributed by atoms with E-state index in [1.807, 2.05) is 0 Å². The maximum Gasteiger partial charge on any atom is -0.000791 e. The number of benzene rings is 1. The summed E-state index contributed by atoms with van der Waals surface area (Å²) in [5.41, 5.74) is 10.3. The SMILES string of the molecule is CCc1ccc2c(c1)C(CN)CC2C. The van der Waals surface area contributed by atoms with Crippen LogP contribution in [0.1, 0.15) is 48.8 Å². The van der Waals surface area contributed by atoms with Crippen LogP contribution in [0, 0.1) is 0 Å². The second-order valence-electron chi connectivity index (χ2n) is 4.39. The first-order valence-electron chi connectivity index (χ1n) is 5.59. The minimum atomic E-state index is 0.603. The summed E-state index contributed by atoms with van der Waals surface area (Å²) < 4.78 is 0. The Morgan fingerprint density at radius 3 is 2.79 bits per heavy atom. The molecule has 1 nitrogen and oxygen atoms in total. The molecule has 0 heterocycles. The molecule has 0 aliphatic heterocycles. The molecule has 1 aliphatic carbocycles. The van der Waals surface area contributed by atoms with Crippen molar-refractivity contribution >= 4 is 0 Å². The number of hydrogen-bond donors (Lipinski definition) is 1. The van der Waals surface area contributed by atoms with Gasteiger partial charge < -0.3 is 5.73 Å². The summed E-state index contributed by atoms with van der Waals surface area (Å²) in [4.78, 5) is 0. The molecule has 1 aromatic carbocycles. The van der Waals surface area contributed by atoms with E-state index in [2.05, 4.69) is 32.0 Å². The zero-order valence-electron chi connectivity index (χ0n) is 9.09. The van der Waals surface area contributed by atoms with E-state index >= 15 is 0 Å². The smallest absolute Gasteiger partial charge is 0.000791 e. The molecule has 0 aromatic heterocycles. The minimum absolute atomic E-state index is 0.603. The van der Waals surface area contributed by atoms with Crippen LogP contribution >= 0.6 is 0 Å². The maximum absolute atomic E-state index is 5.80. The molecule has 0 amide bonds. The molecular weight excluding hydrogens is 170 g/mol. The number of hydrogen-bond acceptors (Lipinski definition) is 1. The van der Waals surface area contributed by atoms with Crippen LogP contribution in [0.5, 0.6) is 0 Å². The molecule has 0 radical (unpaired) electrons. The van der Waals surface area contributed by atoms with E-state index in [1.165, 1.54) is 23.1 Å². The topological polar surface area (TPSA) is 26.0 Å². The van der Waals surface area contributed by atoms with Crippen molar-refractivity contribution in [2.45, 2.75) is 38.5 Å². The van der Waals surface area contributed by atoms with Gasteiger partial charge in [-0.1, -0.05) is 32.0 Å². The zero-order chi connectivity index (χ0) is 10.1. The van der Waals surface area contributed by atoms with Gasteiger partial charge in [-0.3, -0.25) is 0 Å². The summed E-state index contributed by atoms with van der Waals surface area (Å²) in [6.45, 7) is 5.31. The molecule has 14 heavy (non-hydrogen) atoms. The minimum Gasteiger partial charge on any atom is -0.330 e. The first-order chi connectivity index (χ1) is 6.76. The predicted molar refractivity (Wildman–Crippen MR) is 60.6 cm³/mol. The van der Waals surface area contributed by atoms with E-state index < -0.39 is 0 Å². The Hall–Kier alpha value is -0.820. The highest BCUT2D eigenvalue weighted by molar-refractivity contribution is 5.41. The maximum atomic E-state index is 5.80. The van der Waals surface area contributed by atoms with Crippen molar-refractivity contribution in [1.82, 2.24) is 0 Å². The van der Waals surface area contributed by atoms with E-state index in [1.54, 1.807) is 0 Å². The van der Waals surface area contributed by atoms with Crippen LogP contribution in [0.15, 0.2) is 18.2 Å². The Balaban J connectivity index is 2.42. The van der Waals surface area contributed by atoms with Crippen LogP contribution in [-0.4, -0.2) is 6.54 Å². The number of aryl methyl sites for hydroxylation is 1. The number of nitrogens with two attached hydrogens (primary N) is 1. The molecular formula is C13H19N. The van der Waals surface area contributed by atoms with Crippen LogP contribution in [0.4, 0.5) is 0 Å². The molecule has 2 N–H and O–H groups in total. The predicted octanol–water partition coefficient (Wildman–Crippen LogP) is 2.80. The summed E-state index contributed by atoms with van der Waals surface area (Å²) in [6.07, 6.45) is 2.36. The lowest BCUT2D eigenvalue weighted by Gasteiger charge is -2.09. The fourth-order valence-corrected chi connectivity index (χ4v) is 2.55. The highest BCUT2D eigenvalue weighted by Gasteiger charge is 2.26. The second kappa shape index (κ2) is 3.74. The standard InChI is InChI=1S/C13H19N/c1-3-10-4-5-12-9(2)6-11(8-14)13(12)7-10/h4-5,7,9,11H,3,6,8,14H2,1-2H3. The van der Waals surface area contributed by atoms with E-state index in [-0.39, 0.29) is 0 Å². The Labute approximate surface area is 86.3 Å². The highest BCUT2D eigenvalue weighted by Crippen LogP contribution is 2.41. The third kappa shape index (κ3) is 1.46. The van der Waals surface area contributed by atoms with Gasteiger partial charge in [0.25, 0.3) is 0 Å². The van der Waals surface area contributed by atoms with Crippen molar-refractivity contribution in [3.05, 3.63) is 34.9 Å². The molecule has 0 saturated carbocycles. The van der Waals surface area contributed by atoms with Gasteiger partial charge in [-0.15, -0.1) is 0 Å². The Morgan fingerprint density at radius 1 is 1.36 bits per heavy atom. The fraction of sp³-hybridized carbons (Fsp3) is 0.538. The van der Waals surface area contributed by atoms with Gasteiger partial charge >= 0.3 is 0 Å². The second-order valence-corrected chi connectivity index (χ2v) is 4.39. The number of fused-ring (bicyclic) bond motifs is 1. The van der Waals surface area contributed by atoms with E-state index in [4.69, 9.17) is 5.73 Å². The summed E-state index contributed by atoms with van der Waals surface area (Å²) in [5, 5.41) is 0. The van der Waals surface area contributed by atoms with E-state index in [0.29, 0.717) is 11.8 Å². The molecule has 1 aliphatic rings. The van der Waals surface area contributed by atoms with Crippen molar-refractivity contribution in [1.29, 1.82) is 0 Å². The molecule has 76 valence electrons. The van der Waals surface area contributed by atoms with Gasteiger partial charge in [0, 0.05) is 0 Å². The molecule has 0 spiro atoms. The van der Waals surface area contributed by atoms with Gasteiger partial charge in [0.2, 0.25) is 0 Å². The Morgan fingerprint density at radius 2 is 2.14 bits per heavy atom. The Bertz CT molecular complexity index is 330. The van der Waals surface area contributed by atoms with Crippen LogP contribution in [0.3, 0.4) is 0 Å². The first-order valence-corrected chi connectivity index (χ1v) is 5.59. The lowest BCUT2D eigenvalue weighted by atomic mass is 9.98. The van der Waals surface area contributed by atoms with Crippen LogP contribution in [0.2, 0.25) is 0 Å². The van der Waals surface area contributed by atoms with Crippen LogP contribution in [-0.2, 0) is 6.42 Å². The lowest BCUT2D eigenvalue weighted by molar-refractivity contribution is 0.626. The molecule has 0 fully saturated rings. The third-order valence-corrected chi connectivity index (χ3v) is 3.45. The van der Waals surface area contributed by atoms with Gasteiger partial charge in [-0.25, -0.2) is 0 Å². The van der Waals surface area contributed by atoms with Gasteiger partial charge in [-0.2, -0.15) is 0 Å². The summed E-state index contributed by atoms with van der Waals surface area (Å²) in [7, 11) is 0. The molecule has 2 unspecified atom stereocenters. The summed E-state index contributed by atoms with van der Waals surface area (Å²) in [6, 6.07) is 6.92. The Kier molecular flexibility index (Phi) is 2.60. The molecule has 0 bridgehead atoms. The first kappa shape index (κ1) is 9.72. The zero-order valence-corrected chi connectivity index (χ0v) is 9.09. The average Bonchev–Trinajstić information content (AvgIpc) is 2.55. The molecule has 1 aromatic rings. The van der Waals surface area contributed by atoms with Gasteiger partial charge in [0.1, 0.15) is 0 Å². The van der Waals surface area contributed by atoms with E-state index in [0.717, 1.165) is 13.0 Å². The van der Waals surface area contributed by atoms with Crippen molar-refractivity contribution < 1.29 is 0 Å². The molecule has 2 rings (SSSR count). The summed E-state index contributed by atoms with van der Waals surface area (Å²) >= 11 is 0. The quantitative estimate of drug-likeness (QED) is 0.760. The molecule has 1 heteroatoms. The summed E-state index contributed by atoms with van der Waals surface area (Å²) in [5.74, 6) is 1.30. The van der Waals surface area contributed by atoms with Crippen LogP contribution in [0.25, 0.3) is 0 Å². The molecule has 2 atom stereocenters. The van der Waals surface area contributed by atoms with Crippen molar-refractivity contribution in [2.24, 2.45) is 5.73 Å². The van der Waals surface area contributed by atoms with Gasteiger partial charge in [-0.05, 0) is 47.9 Å². The fourth-order valence-electron chi connectivity index (χ4n) is 2.55. The third-order valence-electron chi connectivity index (χ3n) is 3.45. The van der Waals surface area contributed by atoms with Crippen LogP contribution < -0.4 is 5.73 Å². The normalized spacial score (nSPS) is 25.1. The van der Waals surface area contributed by atoms with Crippen molar-refractivity contribution in [3.8, 4) is 0 Å². The van der Waals surface area contributed by atoms with Gasteiger partial charge in [0.15, 0.2) is 0 Å². The van der Waals surface area contributed by atoms with E-state index in [9.17, 15) is 0 Å². The number of rotatable bonds is 2. The van der Waals surface area contributed by atoms with Crippen molar-refractivity contribution in [2.75, 3.05) is 6.54 Å². The van der Waals surface area contributed by atoms with Gasteiger partial charge in [0.05, 0.1) is 0 Å². The highest BCUT2D eigenvalue weighted by atomic mass is 14.6. The molecule has 0 saturated heterocycles. The van der Waals surface area contributed by atoms with Crippen molar-refractivity contribution in [3.63, 3.8) is 0 Å². The largest absolute Gasteiger partial charge is 0.330 e. The average molecular weight is 189 g/mol.